The molecular formula is C24H24F3N5O4S2. The highest BCUT2D eigenvalue weighted by Gasteiger charge is 2.46. The van der Waals surface area contributed by atoms with Gasteiger partial charge in [0, 0.05) is 47.2 Å². The Hall–Kier alpha value is -3.23. The van der Waals surface area contributed by atoms with Crippen LogP contribution >= 0.6 is 11.5 Å². The largest absolute Gasteiger partial charge is 0.493 e. The first kappa shape index (κ1) is 26.4. The second-order valence-corrected chi connectivity index (χ2v) is 11.7. The number of fused-ring (bicyclic) bond motifs is 1. The summed E-state index contributed by atoms with van der Waals surface area (Å²) in [6, 6.07) is 9.94. The van der Waals surface area contributed by atoms with Crippen molar-refractivity contribution in [3.8, 4) is 5.75 Å². The van der Waals surface area contributed by atoms with Crippen molar-refractivity contribution in [1.82, 2.24) is 14.3 Å². The molecule has 2 aromatic carbocycles. The predicted octanol–water partition coefficient (Wildman–Crippen LogP) is 4.28. The van der Waals surface area contributed by atoms with E-state index >= 15 is 0 Å². The Bertz CT molecular complexity index is 1430. The highest BCUT2D eigenvalue weighted by atomic mass is 32.2. The van der Waals surface area contributed by atoms with E-state index in [0.717, 1.165) is 11.5 Å². The zero-order chi connectivity index (χ0) is 27.1. The first-order valence-electron chi connectivity index (χ1n) is 11.8. The molecule has 0 aliphatic carbocycles. The average molecular weight is 568 g/mol. The Labute approximate surface area is 221 Å². The molecule has 5 rings (SSSR count). The minimum absolute atomic E-state index is 0.0337. The third kappa shape index (κ3) is 5.33. The van der Waals surface area contributed by atoms with E-state index in [0.29, 0.717) is 23.3 Å². The summed E-state index contributed by atoms with van der Waals surface area (Å²) in [6.07, 6.45) is -2.84. The van der Waals surface area contributed by atoms with Gasteiger partial charge in [0.2, 0.25) is 11.0 Å². The fourth-order valence-corrected chi connectivity index (χ4v) is 6.81. The number of carbonyl (C=O) groups excluding carboxylic acids is 1. The van der Waals surface area contributed by atoms with E-state index in [2.05, 4.69) is 14.1 Å². The predicted molar refractivity (Wildman–Crippen MR) is 133 cm³/mol. The average Bonchev–Trinajstić information content (AvgIpc) is 3.39. The number of amides is 1. The van der Waals surface area contributed by atoms with Gasteiger partial charge in [0.05, 0.1) is 17.4 Å². The number of benzene rings is 2. The van der Waals surface area contributed by atoms with Crippen LogP contribution in [-0.4, -0.2) is 47.9 Å². The van der Waals surface area contributed by atoms with Crippen molar-refractivity contribution < 1.29 is 31.1 Å². The summed E-state index contributed by atoms with van der Waals surface area (Å²) in [5.74, 6) is -1.79. The summed E-state index contributed by atoms with van der Waals surface area (Å²) in [4.78, 5) is 17.6. The number of piperidine rings is 1. The Balaban J connectivity index is 1.48. The SMILES string of the molecule is NC(=O)c1cccc([C@@H]2C[C@H](C(F)(F)F)CCN2[C@H]2CCOc3cc(S(=O)(=O)Nc4ncns4)ccc32)c1. The fourth-order valence-electron chi connectivity index (χ4n) is 5.14. The number of carbonyl (C=O) groups is 1. The van der Waals surface area contributed by atoms with Crippen LogP contribution < -0.4 is 15.2 Å². The van der Waals surface area contributed by atoms with Gasteiger partial charge in [-0.2, -0.15) is 17.5 Å². The van der Waals surface area contributed by atoms with E-state index < -0.39 is 34.1 Å². The van der Waals surface area contributed by atoms with Crippen molar-refractivity contribution in [1.29, 1.82) is 0 Å². The smallest absolute Gasteiger partial charge is 0.391 e. The number of nitrogens with one attached hydrogen (secondary N) is 1. The van der Waals surface area contributed by atoms with Crippen molar-refractivity contribution in [2.75, 3.05) is 17.9 Å². The number of alkyl halides is 3. The Morgan fingerprint density at radius 2 is 1.97 bits per heavy atom. The zero-order valence-electron chi connectivity index (χ0n) is 19.9. The minimum atomic E-state index is -4.34. The molecule has 14 heteroatoms. The molecule has 2 aliphatic rings. The van der Waals surface area contributed by atoms with Gasteiger partial charge in [0.25, 0.3) is 10.0 Å². The van der Waals surface area contributed by atoms with Crippen LogP contribution in [0.15, 0.2) is 53.7 Å². The molecular weight excluding hydrogens is 543 g/mol. The number of aromatic nitrogens is 2. The highest BCUT2D eigenvalue weighted by molar-refractivity contribution is 7.93. The van der Waals surface area contributed by atoms with E-state index in [1.54, 1.807) is 24.3 Å². The maximum absolute atomic E-state index is 13.8. The maximum Gasteiger partial charge on any atom is 0.391 e. The van der Waals surface area contributed by atoms with Crippen molar-refractivity contribution in [2.24, 2.45) is 11.7 Å². The lowest BCUT2D eigenvalue weighted by Gasteiger charge is -2.46. The van der Waals surface area contributed by atoms with Crippen LogP contribution in [0, 0.1) is 5.92 Å². The summed E-state index contributed by atoms with van der Waals surface area (Å²) in [7, 11) is -3.95. The second kappa shape index (κ2) is 10.2. The number of primary amides is 1. The molecule has 9 nitrogen and oxygen atoms in total. The van der Waals surface area contributed by atoms with Gasteiger partial charge in [0.15, 0.2) is 0 Å². The van der Waals surface area contributed by atoms with Crippen LogP contribution in [0.3, 0.4) is 0 Å². The van der Waals surface area contributed by atoms with Gasteiger partial charge >= 0.3 is 6.18 Å². The van der Waals surface area contributed by atoms with Gasteiger partial charge < -0.3 is 10.5 Å². The summed E-state index contributed by atoms with van der Waals surface area (Å²) in [6.45, 7) is 0.427. The lowest BCUT2D eigenvalue weighted by atomic mass is 9.83. The first-order chi connectivity index (χ1) is 18.0. The summed E-state index contributed by atoms with van der Waals surface area (Å²) in [5.41, 5.74) is 6.92. The van der Waals surface area contributed by atoms with Crippen molar-refractivity contribution in [2.45, 2.75) is 42.4 Å². The summed E-state index contributed by atoms with van der Waals surface area (Å²) < 4.78 is 78.9. The number of nitrogens with zero attached hydrogens (tertiary/aromatic N) is 3. The molecule has 1 aromatic heterocycles. The Morgan fingerprint density at radius 1 is 1.16 bits per heavy atom. The quantitative estimate of drug-likeness (QED) is 0.455. The number of hydrogen-bond donors (Lipinski definition) is 2. The molecule has 202 valence electrons. The Morgan fingerprint density at radius 3 is 2.68 bits per heavy atom. The molecule has 2 aliphatic heterocycles. The lowest BCUT2D eigenvalue weighted by Crippen LogP contribution is -2.44. The van der Waals surface area contributed by atoms with Crippen LogP contribution in [0.2, 0.25) is 0 Å². The molecule has 1 amide bonds. The van der Waals surface area contributed by atoms with Crippen LogP contribution in [-0.2, 0) is 10.0 Å². The molecule has 0 unspecified atom stereocenters. The van der Waals surface area contributed by atoms with E-state index in [1.165, 1.54) is 24.5 Å². The van der Waals surface area contributed by atoms with E-state index in [9.17, 15) is 26.4 Å². The van der Waals surface area contributed by atoms with Gasteiger partial charge in [-0.05, 0) is 43.1 Å². The third-order valence-corrected chi connectivity index (χ3v) is 9.00. The number of anilines is 1. The van der Waals surface area contributed by atoms with E-state index in [-0.39, 0.29) is 47.6 Å². The standard InChI is InChI=1S/C24H24F3N5O4S2/c25-24(26,27)16-6-8-32(20(11-16)14-2-1-3-15(10-14)22(28)33)19-7-9-36-21-12-17(4-5-18(19)21)38(34,35)31-23-29-13-30-37-23/h1-5,10,12-13,16,19-20H,6-9,11H2,(H2,28,33)(H,29,30,31)/t16-,19+,20+/m1/s1. The lowest BCUT2D eigenvalue weighted by molar-refractivity contribution is -0.192. The number of halogens is 3. The van der Waals surface area contributed by atoms with Gasteiger partial charge in [-0.3, -0.25) is 14.4 Å². The maximum atomic E-state index is 13.8. The van der Waals surface area contributed by atoms with Crippen molar-refractivity contribution in [3.63, 3.8) is 0 Å². The number of nitrogens with two attached hydrogens (primary N) is 1. The number of ether oxygens (including phenoxy) is 1. The fraction of sp³-hybridized carbons (Fsp3) is 0.375. The number of likely N-dealkylation sites (tertiary alicyclic amines) is 1. The van der Waals surface area contributed by atoms with Gasteiger partial charge in [-0.15, -0.1) is 0 Å². The van der Waals surface area contributed by atoms with Crippen LogP contribution in [0.1, 0.15) is 52.8 Å². The summed E-state index contributed by atoms with van der Waals surface area (Å²) in [5, 5.41) is 0.120. The number of rotatable bonds is 6. The number of hydrogen-bond acceptors (Lipinski definition) is 8. The van der Waals surface area contributed by atoms with Crippen LogP contribution in [0.4, 0.5) is 18.3 Å². The molecule has 1 fully saturated rings. The third-order valence-electron chi connectivity index (χ3n) is 6.95. The molecule has 3 atom stereocenters. The topological polar surface area (TPSA) is 128 Å². The summed E-state index contributed by atoms with van der Waals surface area (Å²) >= 11 is 0.897. The van der Waals surface area contributed by atoms with E-state index in [4.69, 9.17) is 10.5 Å². The van der Waals surface area contributed by atoms with Gasteiger partial charge in [-0.1, -0.05) is 18.2 Å². The molecule has 0 saturated carbocycles. The zero-order valence-corrected chi connectivity index (χ0v) is 21.5. The highest BCUT2D eigenvalue weighted by Crippen LogP contribution is 2.48. The van der Waals surface area contributed by atoms with Gasteiger partial charge in [-0.25, -0.2) is 13.4 Å². The molecule has 0 spiro atoms. The molecule has 3 heterocycles. The molecule has 0 bridgehead atoms. The van der Waals surface area contributed by atoms with E-state index in [1.807, 2.05) is 4.90 Å². The monoisotopic (exact) mass is 567 g/mol. The van der Waals surface area contributed by atoms with Crippen LogP contribution in [0.25, 0.3) is 0 Å². The Kier molecular flexibility index (Phi) is 7.05. The molecule has 38 heavy (non-hydrogen) atoms. The normalized spacial score (nSPS) is 22.3. The number of sulfonamides is 1. The van der Waals surface area contributed by atoms with Crippen molar-refractivity contribution in [3.05, 3.63) is 65.5 Å². The molecule has 0 radical (unpaired) electrons. The van der Waals surface area contributed by atoms with Crippen LogP contribution in [0.5, 0.6) is 5.75 Å². The molecule has 1 saturated heterocycles. The van der Waals surface area contributed by atoms with Crippen molar-refractivity contribution >= 4 is 32.6 Å². The molecule has 3 aromatic rings. The minimum Gasteiger partial charge on any atom is -0.493 e. The van der Waals surface area contributed by atoms with Gasteiger partial charge in [0.1, 0.15) is 12.1 Å². The molecule has 3 N–H and O–H groups in total. The second-order valence-electron chi connectivity index (χ2n) is 9.21. The first-order valence-corrected chi connectivity index (χ1v) is 14.1.